The Kier molecular flexibility index (Phi) is 4.10. The molecule has 17 heavy (non-hydrogen) atoms. The molecule has 0 unspecified atom stereocenters. The number of imidazole rings is 1. The van der Waals surface area contributed by atoms with Gasteiger partial charge in [0.1, 0.15) is 5.82 Å². The van der Waals surface area contributed by atoms with E-state index in [1.165, 1.54) is 12.8 Å². The number of aromatic nitrogens is 2. The fraction of sp³-hybridized carbons (Fsp3) is 0.667. The minimum absolute atomic E-state index is 0.303. The Hall–Kier alpha value is -0.970. The maximum absolute atomic E-state index is 11.8. The van der Waals surface area contributed by atoms with Gasteiger partial charge in [-0.25, -0.2) is 9.78 Å². The molecule has 1 fully saturated rings. The number of nitrogens with one attached hydrogen (secondary N) is 1. The van der Waals surface area contributed by atoms with Crippen LogP contribution < -0.4 is 0 Å². The third-order valence-electron chi connectivity index (χ3n) is 2.68. The van der Waals surface area contributed by atoms with Gasteiger partial charge in [-0.05, 0) is 25.5 Å². The highest BCUT2D eigenvalue weighted by atomic mass is 32.2. The molecule has 0 spiro atoms. The van der Waals surface area contributed by atoms with Crippen LogP contribution in [0.5, 0.6) is 0 Å². The van der Waals surface area contributed by atoms with Gasteiger partial charge in [-0.3, -0.25) is 0 Å². The molecule has 1 heterocycles. The number of hydrogen-bond acceptors (Lipinski definition) is 4. The number of ether oxygens (including phenoxy) is 1. The summed E-state index contributed by atoms with van der Waals surface area (Å²) in [6, 6.07) is 0. The normalized spacial score (nSPS) is 14.9. The molecule has 0 atom stereocenters. The van der Waals surface area contributed by atoms with E-state index >= 15 is 0 Å². The monoisotopic (exact) mass is 254 g/mol. The number of H-pyrrole nitrogens is 1. The van der Waals surface area contributed by atoms with Crippen LogP contribution in [0.3, 0.4) is 0 Å². The lowest BCUT2D eigenvalue weighted by molar-refractivity contribution is 0.0519. The van der Waals surface area contributed by atoms with Crippen LogP contribution in [-0.2, 0) is 10.5 Å². The van der Waals surface area contributed by atoms with Gasteiger partial charge in [-0.2, -0.15) is 11.8 Å². The van der Waals surface area contributed by atoms with Crippen molar-refractivity contribution in [2.24, 2.45) is 0 Å². The van der Waals surface area contributed by atoms with Gasteiger partial charge >= 0.3 is 5.97 Å². The van der Waals surface area contributed by atoms with E-state index in [9.17, 15) is 4.79 Å². The zero-order valence-electron chi connectivity index (χ0n) is 10.3. The average molecular weight is 254 g/mol. The highest BCUT2D eigenvalue weighted by Gasteiger charge is 2.29. The Labute approximate surface area is 106 Å². The lowest BCUT2D eigenvalue weighted by Crippen LogP contribution is -2.07. The third kappa shape index (κ3) is 3.03. The number of rotatable bonds is 6. The smallest absolute Gasteiger partial charge is 0.358 e. The van der Waals surface area contributed by atoms with E-state index in [0.717, 1.165) is 23.0 Å². The van der Waals surface area contributed by atoms with Crippen molar-refractivity contribution >= 4 is 17.7 Å². The molecule has 1 saturated carbocycles. The summed E-state index contributed by atoms with van der Waals surface area (Å²) >= 11 is 1.78. The van der Waals surface area contributed by atoms with Gasteiger partial charge in [0, 0.05) is 11.7 Å². The van der Waals surface area contributed by atoms with E-state index in [0.29, 0.717) is 18.2 Å². The fourth-order valence-electron chi connectivity index (χ4n) is 1.66. The molecule has 0 bridgehead atoms. The first-order valence-corrected chi connectivity index (χ1v) is 7.25. The average Bonchev–Trinajstić information content (AvgIpc) is 3.07. The van der Waals surface area contributed by atoms with Crippen LogP contribution in [0.4, 0.5) is 0 Å². The maximum Gasteiger partial charge on any atom is 0.358 e. The Morgan fingerprint density at radius 2 is 2.29 bits per heavy atom. The van der Waals surface area contributed by atoms with Crippen molar-refractivity contribution in [2.45, 2.75) is 38.4 Å². The summed E-state index contributed by atoms with van der Waals surface area (Å²) in [7, 11) is 0. The van der Waals surface area contributed by atoms with Gasteiger partial charge in [0.05, 0.1) is 12.3 Å². The van der Waals surface area contributed by atoms with Crippen LogP contribution in [0.25, 0.3) is 0 Å². The Bertz CT molecular complexity index is 399. The van der Waals surface area contributed by atoms with Gasteiger partial charge in [0.25, 0.3) is 0 Å². The van der Waals surface area contributed by atoms with Crippen molar-refractivity contribution in [1.82, 2.24) is 9.97 Å². The summed E-state index contributed by atoms with van der Waals surface area (Å²) in [5.74, 6) is 3.01. The first kappa shape index (κ1) is 12.5. The van der Waals surface area contributed by atoms with E-state index < -0.39 is 0 Å². The van der Waals surface area contributed by atoms with Gasteiger partial charge in [0.15, 0.2) is 5.69 Å². The predicted octanol–water partition coefficient (Wildman–Crippen LogP) is 2.72. The first-order chi connectivity index (χ1) is 8.26. The molecule has 0 aliphatic heterocycles. The van der Waals surface area contributed by atoms with Gasteiger partial charge in [-0.15, -0.1) is 0 Å². The van der Waals surface area contributed by atoms with E-state index in [1.807, 2.05) is 6.92 Å². The molecule has 1 aliphatic carbocycles. The van der Waals surface area contributed by atoms with Gasteiger partial charge < -0.3 is 9.72 Å². The lowest BCUT2D eigenvalue weighted by atomic mass is 10.3. The zero-order valence-corrected chi connectivity index (χ0v) is 11.1. The van der Waals surface area contributed by atoms with Crippen LogP contribution >= 0.6 is 11.8 Å². The van der Waals surface area contributed by atoms with Gasteiger partial charge in [0.2, 0.25) is 0 Å². The van der Waals surface area contributed by atoms with E-state index in [2.05, 4.69) is 16.9 Å². The minimum atomic E-state index is -0.303. The molecule has 1 aliphatic rings. The summed E-state index contributed by atoms with van der Waals surface area (Å²) in [5, 5.41) is 0. The maximum atomic E-state index is 11.8. The van der Waals surface area contributed by atoms with Crippen LogP contribution in [0.15, 0.2) is 0 Å². The van der Waals surface area contributed by atoms with Crippen molar-refractivity contribution in [3.8, 4) is 0 Å². The van der Waals surface area contributed by atoms with E-state index in [4.69, 9.17) is 4.74 Å². The number of carbonyl (C=O) groups excluding carboxylic acids is 1. The molecule has 94 valence electrons. The molecule has 0 radical (unpaired) electrons. The molecule has 0 aromatic carbocycles. The molecule has 1 aromatic heterocycles. The number of esters is 1. The molecule has 0 saturated heterocycles. The molecule has 1 aromatic rings. The molecule has 2 rings (SSSR count). The largest absolute Gasteiger partial charge is 0.461 e. The predicted molar refractivity (Wildman–Crippen MR) is 68.4 cm³/mol. The topological polar surface area (TPSA) is 55.0 Å². The Balaban J connectivity index is 2.17. The van der Waals surface area contributed by atoms with E-state index in [1.54, 1.807) is 11.8 Å². The van der Waals surface area contributed by atoms with Crippen molar-refractivity contribution in [3.63, 3.8) is 0 Å². The minimum Gasteiger partial charge on any atom is -0.461 e. The summed E-state index contributed by atoms with van der Waals surface area (Å²) in [5.41, 5.74) is 1.40. The SMILES string of the molecule is CCOC(=O)c1nc(C2CC2)[nH]c1CSCC. The number of hydrogen-bond donors (Lipinski definition) is 1. The van der Waals surface area contributed by atoms with Gasteiger partial charge in [-0.1, -0.05) is 6.92 Å². The summed E-state index contributed by atoms with van der Waals surface area (Å²) < 4.78 is 5.03. The number of thioether (sulfide) groups is 1. The highest BCUT2D eigenvalue weighted by molar-refractivity contribution is 7.98. The lowest BCUT2D eigenvalue weighted by Gasteiger charge is -2.01. The molecule has 4 nitrogen and oxygen atoms in total. The molecular weight excluding hydrogens is 236 g/mol. The zero-order chi connectivity index (χ0) is 12.3. The molecular formula is C12H18N2O2S. The molecule has 1 N–H and O–H groups in total. The number of aromatic amines is 1. The van der Waals surface area contributed by atoms with E-state index in [-0.39, 0.29) is 5.97 Å². The first-order valence-electron chi connectivity index (χ1n) is 6.09. The van der Waals surface area contributed by atoms with Crippen LogP contribution in [0.1, 0.15) is 54.6 Å². The number of carbonyl (C=O) groups is 1. The van der Waals surface area contributed by atoms with Crippen LogP contribution in [0, 0.1) is 0 Å². The Morgan fingerprint density at radius 1 is 1.53 bits per heavy atom. The molecule has 0 amide bonds. The van der Waals surface area contributed by atoms with Crippen molar-refractivity contribution in [3.05, 3.63) is 17.2 Å². The third-order valence-corrected chi connectivity index (χ3v) is 3.58. The van der Waals surface area contributed by atoms with Crippen LogP contribution in [0.2, 0.25) is 0 Å². The van der Waals surface area contributed by atoms with Crippen molar-refractivity contribution < 1.29 is 9.53 Å². The fourth-order valence-corrected chi connectivity index (χ4v) is 2.27. The summed E-state index contributed by atoms with van der Waals surface area (Å²) in [6.07, 6.45) is 2.35. The molecule has 5 heteroatoms. The second-order valence-corrected chi connectivity index (χ2v) is 5.36. The Morgan fingerprint density at radius 3 is 2.88 bits per heavy atom. The highest BCUT2D eigenvalue weighted by Crippen LogP contribution is 2.39. The standard InChI is InChI=1S/C12H18N2O2S/c1-3-16-12(15)10-9(7-17-4-2)13-11(14-10)8-5-6-8/h8H,3-7H2,1-2H3,(H,13,14). The number of nitrogens with zero attached hydrogens (tertiary/aromatic N) is 1. The van der Waals surface area contributed by atoms with Crippen molar-refractivity contribution in [2.75, 3.05) is 12.4 Å². The van der Waals surface area contributed by atoms with Crippen molar-refractivity contribution in [1.29, 1.82) is 0 Å². The summed E-state index contributed by atoms with van der Waals surface area (Å²) in [6.45, 7) is 4.31. The second-order valence-electron chi connectivity index (χ2n) is 4.08. The van der Waals surface area contributed by atoms with Crippen LogP contribution in [-0.4, -0.2) is 28.3 Å². The quantitative estimate of drug-likeness (QED) is 0.793. The second kappa shape index (κ2) is 5.58. The summed E-state index contributed by atoms with van der Waals surface area (Å²) in [4.78, 5) is 19.5.